The van der Waals surface area contributed by atoms with Crippen LogP contribution in [0.25, 0.3) is 0 Å². The summed E-state index contributed by atoms with van der Waals surface area (Å²) in [4.78, 5) is 0. The van der Waals surface area contributed by atoms with Gasteiger partial charge in [-0.15, -0.1) is 0 Å². The van der Waals surface area contributed by atoms with Gasteiger partial charge in [0.1, 0.15) is 36.1 Å². The Bertz CT molecular complexity index is 326. The summed E-state index contributed by atoms with van der Waals surface area (Å²) >= 11 is 0. The minimum absolute atomic E-state index is 0.170. The average Bonchev–Trinajstić information content (AvgIpc) is 2.49. The van der Waals surface area contributed by atoms with Crippen molar-refractivity contribution in [2.24, 2.45) is 0 Å². The minimum Gasteiger partial charge on any atom is -0.387 e. The van der Waals surface area contributed by atoms with E-state index in [9.17, 15) is 30.6 Å². The molecule has 1 aliphatic carbocycles. The third kappa shape index (κ3) is 1.99. The van der Waals surface area contributed by atoms with Crippen LogP contribution in [0.1, 0.15) is 12.8 Å². The lowest BCUT2D eigenvalue weighted by molar-refractivity contribution is -0.332. The molecule has 0 aromatic carbocycles. The largest absolute Gasteiger partial charge is 0.387 e. The summed E-state index contributed by atoms with van der Waals surface area (Å²) in [7, 11) is 1.31. The van der Waals surface area contributed by atoms with Crippen molar-refractivity contribution in [3.63, 3.8) is 0 Å². The molecule has 2 unspecified atom stereocenters. The van der Waals surface area contributed by atoms with E-state index in [0.29, 0.717) is 0 Å². The fourth-order valence-corrected chi connectivity index (χ4v) is 3.28. The highest BCUT2D eigenvalue weighted by atomic mass is 16.5. The summed E-state index contributed by atoms with van der Waals surface area (Å²) < 4.78 is 10.5. The van der Waals surface area contributed by atoms with E-state index in [1.807, 2.05) is 0 Å². The van der Waals surface area contributed by atoms with Crippen LogP contribution in [0.5, 0.6) is 0 Å². The van der Waals surface area contributed by atoms with Gasteiger partial charge in [0, 0.05) is 33.2 Å². The highest BCUT2D eigenvalue weighted by Gasteiger charge is 2.67. The van der Waals surface area contributed by atoms with Gasteiger partial charge in [0.2, 0.25) is 0 Å². The van der Waals surface area contributed by atoms with Gasteiger partial charge < -0.3 is 40.1 Å². The first kappa shape index (κ1) is 16.1. The van der Waals surface area contributed by atoms with Gasteiger partial charge in [0.15, 0.2) is 5.60 Å². The zero-order chi connectivity index (χ0) is 15.1. The van der Waals surface area contributed by atoms with Gasteiger partial charge in [0.05, 0.1) is 0 Å². The third-order valence-corrected chi connectivity index (χ3v) is 4.67. The van der Waals surface area contributed by atoms with E-state index in [2.05, 4.69) is 0 Å². The molecule has 0 aromatic heterocycles. The van der Waals surface area contributed by atoms with E-state index < -0.39 is 41.7 Å². The molecule has 0 amide bonds. The van der Waals surface area contributed by atoms with Crippen molar-refractivity contribution < 1.29 is 40.1 Å². The molecule has 8 nitrogen and oxygen atoms in total. The summed E-state index contributed by atoms with van der Waals surface area (Å²) in [5.74, 6) is 0. The molecule has 0 radical (unpaired) electrons. The molecule has 0 aromatic rings. The van der Waals surface area contributed by atoms with Gasteiger partial charge in [-0.2, -0.15) is 0 Å². The Morgan fingerprint density at radius 1 is 0.900 bits per heavy atom. The van der Waals surface area contributed by atoms with Gasteiger partial charge in [0.25, 0.3) is 0 Å². The summed E-state index contributed by atoms with van der Waals surface area (Å²) in [6.45, 7) is 0.481. The Morgan fingerprint density at radius 3 is 1.75 bits per heavy atom. The lowest BCUT2D eigenvalue weighted by Crippen LogP contribution is -2.79. The molecular weight excluding hydrogens is 272 g/mol. The molecule has 2 rings (SSSR count). The van der Waals surface area contributed by atoms with Crippen molar-refractivity contribution in [3.05, 3.63) is 0 Å². The molecule has 6 atom stereocenters. The van der Waals surface area contributed by atoms with Crippen LogP contribution in [0.4, 0.5) is 0 Å². The number of hydrogen-bond acceptors (Lipinski definition) is 8. The van der Waals surface area contributed by atoms with E-state index in [-0.39, 0.29) is 26.1 Å². The van der Waals surface area contributed by atoms with E-state index in [1.165, 1.54) is 7.11 Å². The molecule has 0 bridgehead atoms. The van der Waals surface area contributed by atoms with E-state index >= 15 is 0 Å². The maximum atomic E-state index is 10.8. The molecule has 118 valence electrons. The summed E-state index contributed by atoms with van der Waals surface area (Å²) in [5.41, 5.74) is -3.70. The number of hydrogen-bond donors (Lipinski definition) is 6. The maximum absolute atomic E-state index is 10.8. The maximum Gasteiger partial charge on any atom is 0.150 e. The lowest BCUT2D eigenvalue weighted by atomic mass is 9.63. The van der Waals surface area contributed by atoms with Crippen LogP contribution < -0.4 is 0 Å². The number of ether oxygens (including phenoxy) is 2. The Morgan fingerprint density at radius 2 is 1.35 bits per heavy atom. The highest BCUT2D eigenvalue weighted by molar-refractivity contribution is 5.18. The van der Waals surface area contributed by atoms with Gasteiger partial charge in [-0.25, -0.2) is 0 Å². The molecule has 8 heteroatoms. The first-order valence-corrected chi connectivity index (χ1v) is 6.57. The fraction of sp³-hybridized carbons (Fsp3) is 1.00. The molecule has 20 heavy (non-hydrogen) atoms. The predicted octanol–water partition coefficient (Wildman–Crippen LogP) is -3.27. The monoisotopic (exact) mass is 294 g/mol. The van der Waals surface area contributed by atoms with Gasteiger partial charge >= 0.3 is 0 Å². The molecule has 2 aliphatic rings. The van der Waals surface area contributed by atoms with Crippen LogP contribution in [0.15, 0.2) is 0 Å². The summed E-state index contributed by atoms with van der Waals surface area (Å²) in [5, 5.41) is 60.3. The van der Waals surface area contributed by atoms with Crippen LogP contribution in [-0.4, -0.2) is 92.7 Å². The van der Waals surface area contributed by atoms with Gasteiger partial charge in [-0.3, -0.25) is 0 Å². The van der Waals surface area contributed by atoms with Crippen LogP contribution in [0, 0.1) is 0 Å². The second kappa shape index (κ2) is 5.47. The first-order chi connectivity index (χ1) is 9.32. The SMILES string of the molecule is COC1(C2(O)[C@H](O)[C@H](O)C(O)[C@H](O)[C@H]2O)CCOCC1. The standard InChI is InChI=1S/C12H22O8/c1-19-11(2-4-20-5-3-11)12(18)9(16)7(14)6(13)8(15)10(12)17/h6-10,13-18H,2-5H2,1H3/t6?,7-,8+,9-,10-,12?/m1/s1. The molecular formula is C12H22O8. The van der Waals surface area contributed by atoms with Crippen LogP contribution in [-0.2, 0) is 9.47 Å². The predicted molar refractivity (Wildman–Crippen MR) is 64.8 cm³/mol. The normalized spacial score (nSPS) is 49.0. The lowest BCUT2D eigenvalue weighted by Gasteiger charge is -2.57. The number of rotatable bonds is 2. The number of aliphatic hydroxyl groups excluding tert-OH is 5. The van der Waals surface area contributed by atoms with Gasteiger partial charge in [-0.05, 0) is 0 Å². The Labute approximate surface area is 116 Å². The zero-order valence-electron chi connectivity index (χ0n) is 11.2. The van der Waals surface area contributed by atoms with Gasteiger partial charge in [-0.1, -0.05) is 0 Å². The Balaban J connectivity index is 2.43. The first-order valence-electron chi connectivity index (χ1n) is 6.57. The summed E-state index contributed by atoms with van der Waals surface area (Å²) in [6, 6.07) is 0. The fourth-order valence-electron chi connectivity index (χ4n) is 3.28. The van der Waals surface area contributed by atoms with E-state index in [4.69, 9.17) is 9.47 Å². The second-order valence-corrected chi connectivity index (χ2v) is 5.50. The van der Waals surface area contributed by atoms with Crippen LogP contribution in [0.2, 0.25) is 0 Å². The Kier molecular flexibility index (Phi) is 4.39. The average molecular weight is 294 g/mol. The summed E-state index contributed by atoms with van der Waals surface area (Å²) in [6.07, 6.45) is -8.74. The van der Waals surface area contributed by atoms with E-state index in [1.54, 1.807) is 0 Å². The Hall–Kier alpha value is -0.320. The third-order valence-electron chi connectivity index (χ3n) is 4.67. The minimum atomic E-state index is -2.32. The van der Waals surface area contributed by atoms with Crippen molar-refractivity contribution in [3.8, 4) is 0 Å². The molecule has 1 heterocycles. The van der Waals surface area contributed by atoms with Crippen molar-refractivity contribution in [1.29, 1.82) is 0 Å². The van der Waals surface area contributed by atoms with E-state index in [0.717, 1.165) is 0 Å². The molecule has 1 saturated carbocycles. The van der Waals surface area contributed by atoms with Crippen LogP contribution >= 0.6 is 0 Å². The quantitative estimate of drug-likeness (QED) is 0.312. The molecule has 6 N–H and O–H groups in total. The molecule has 2 fully saturated rings. The molecule has 0 spiro atoms. The molecule has 1 aliphatic heterocycles. The molecule has 1 saturated heterocycles. The number of aliphatic hydroxyl groups is 6. The topological polar surface area (TPSA) is 140 Å². The highest BCUT2D eigenvalue weighted by Crippen LogP contribution is 2.44. The smallest absolute Gasteiger partial charge is 0.150 e. The van der Waals surface area contributed by atoms with Crippen molar-refractivity contribution >= 4 is 0 Å². The van der Waals surface area contributed by atoms with Crippen molar-refractivity contribution in [1.82, 2.24) is 0 Å². The number of methoxy groups -OCH3 is 1. The second-order valence-electron chi connectivity index (χ2n) is 5.50. The van der Waals surface area contributed by atoms with Crippen molar-refractivity contribution in [2.45, 2.75) is 54.6 Å². The van der Waals surface area contributed by atoms with Crippen LogP contribution in [0.3, 0.4) is 0 Å². The van der Waals surface area contributed by atoms with Crippen molar-refractivity contribution in [2.75, 3.05) is 20.3 Å². The zero-order valence-corrected chi connectivity index (χ0v) is 11.2.